The molecule has 3 rings (SSSR count). The molecule has 0 radical (unpaired) electrons. The highest BCUT2D eigenvalue weighted by atomic mass is 16.5. The van der Waals surface area contributed by atoms with E-state index in [0.717, 1.165) is 24.2 Å². The number of carbonyl (C=O) groups is 1. The molecule has 1 fully saturated rings. The molecule has 7 nitrogen and oxygen atoms in total. The van der Waals surface area contributed by atoms with Crippen molar-refractivity contribution in [2.45, 2.75) is 31.9 Å². The van der Waals surface area contributed by atoms with Gasteiger partial charge in [0.25, 0.3) is 0 Å². The third-order valence-corrected chi connectivity index (χ3v) is 3.93. The van der Waals surface area contributed by atoms with Crippen LogP contribution in [0.1, 0.15) is 30.3 Å². The van der Waals surface area contributed by atoms with Gasteiger partial charge in [-0.2, -0.15) is 0 Å². The van der Waals surface area contributed by atoms with Crippen LogP contribution in [0, 0.1) is 6.92 Å². The summed E-state index contributed by atoms with van der Waals surface area (Å²) in [5.41, 5.74) is 1.89. The second-order valence-corrected chi connectivity index (χ2v) is 5.77. The van der Waals surface area contributed by atoms with E-state index in [9.17, 15) is 4.79 Å². The maximum atomic E-state index is 12.1. The molecule has 7 heteroatoms. The molecular formula is C16H21N5O2. The summed E-state index contributed by atoms with van der Waals surface area (Å²) in [6.45, 7) is 2.50. The Bertz CT molecular complexity index is 685. The van der Waals surface area contributed by atoms with Crippen molar-refractivity contribution in [3.63, 3.8) is 0 Å². The third kappa shape index (κ3) is 3.87. The fraction of sp³-hybridized carbons (Fsp3) is 0.438. The Morgan fingerprint density at radius 2 is 2.30 bits per heavy atom. The van der Waals surface area contributed by atoms with Crippen LogP contribution in [0.25, 0.3) is 0 Å². The van der Waals surface area contributed by atoms with Crippen molar-refractivity contribution in [3.8, 4) is 0 Å². The Kier molecular flexibility index (Phi) is 4.57. The van der Waals surface area contributed by atoms with Gasteiger partial charge in [0, 0.05) is 25.4 Å². The topological polar surface area (TPSA) is 81.1 Å². The zero-order valence-corrected chi connectivity index (χ0v) is 13.3. The van der Waals surface area contributed by atoms with Gasteiger partial charge >= 0.3 is 6.03 Å². The summed E-state index contributed by atoms with van der Waals surface area (Å²) >= 11 is 0. The number of aromatic nitrogens is 3. The highest BCUT2D eigenvalue weighted by Crippen LogP contribution is 2.27. The molecule has 0 unspecified atom stereocenters. The van der Waals surface area contributed by atoms with Gasteiger partial charge in [-0.3, -0.25) is 5.32 Å². The fourth-order valence-corrected chi connectivity index (χ4v) is 2.76. The van der Waals surface area contributed by atoms with Crippen molar-refractivity contribution < 1.29 is 9.53 Å². The minimum Gasteiger partial charge on any atom is -0.372 e. The van der Waals surface area contributed by atoms with E-state index in [1.54, 1.807) is 12.4 Å². The van der Waals surface area contributed by atoms with Crippen molar-refractivity contribution in [1.82, 2.24) is 19.9 Å². The molecule has 0 saturated carbocycles. The lowest BCUT2D eigenvalue weighted by molar-refractivity contribution is -0.00151. The Morgan fingerprint density at radius 1 is 1.43 bits per heavy atom. The number of amides is 2. The fourth-order valence-electron chi connectivity index (χ4n) is 2.76. The summed E-state index contributed by atoms with van der Waals surface area (Å²) < 4.78 is 7.75. The van der Waals surface area contributed by atoms with E-state index in [1.165, 1.54) is 0 Å². The zero-order chi connectivity index (χ0) is 16.2. The first kappa shape index (κ1) is 15.5. The van der Waals surface area contributed by atoms with E-state index in [0.29, 0.717) is 12.4 Å². The molecule has 1 aliphatic heterocycles. The van der Waals surface area contributed by atoms with E-state index in [2.05, 4.69) is 20.6 Å². The summed E-state index contributed by atoms with van der Waals surface area (Å²) in [4.78, 5) is 20.5. The van der Waals surface area contributed by atoms with Crippen LogP contribution >= 0.6 is 0 Å². The second kappa shape index (κ2) is 6.78. The number of hydrogen-bond donors (Lipinski definition) is 2. The molecule has 0 spiro atoms. The van der Waals surface area contributed by atoms with Gasteiger partial charge in [0.15, 0.2) is 0 Å². The normalized spacial score (nSPS) is 21.0. The number of carbonyl (C=O) groups excluding carboxylic acids is 1. The molecule has 122 valence electrons. The van der Waals surface area contributed by atoms with Crippen molar-refractivity contribution >= 4 is 11.8 Å². The van der Waals surface area contributed by atoms with Gasteiger partial charge < -0.3 is 14.6 Å². The van der Waals surface area contributed by atoms with E-state index in [-0.39, 0.29) is 18.2 Å². The van der Waals surface area contributed by atoms with Crippen molar-refractivity contribution in [3.05, 3.63) is 42.1 Å². The largest absolute Gasteiger partial charge is 0.372 e. The molecule has 2 atom stereocenters. The van der Waals surface area contributed by atoms with Crippen molar-refractivity contribution in [1.29, 1.82) is 0 Å². The molecule has 0 bridgehead atoms. The van der Waals surface area contributed by atoms with Crippen LogP contribution in [0.3, 0.4) is 0 Å². The van der Waals surface area contributed by atoms with Crippen LogP contribution in [-0.2, 0) is 11.8 Å². The lowest BCUT2D eigenvalue weighted by Crippen LogP contribution is -2.42. The lowest BCUT2D eigenvalue weighted by atomic mass is 10.0. The van der Waals surface area contributed by atoms with Gasteiger partial charge in [-0.05, 0) is 31.9 Å². The van der Waals surface area contributed by atoms with Gasteiger partial charge in [-0.1, -0.05) is 6.07 Å². The van der Waals surface area contributed by atoms with Crippen LogP contribution < -0.4 is 10.6 Å². The SMILES string of the molecule is Cc1cccc(NC(=O)N[C@H]2CCO[C@@H](c3cncn3C)C2)n1. The van der Waals surface area contributed by atoms with Crippen LogP contribution in [0.15, 0.2) is 30.7 Å². The molecular weight excluding hydrogens is 294 g/mol. The summed E-state index contributed by atoms with van der Waals surface area (Å²) in [5.74, 6) is 0.553. The quantitative estimate of drug-likeness (QED) is 0.909. The Labute approximate surface area is 135 Å². The maximum Gasteiger partial charge on any atom is 0.320 e. The van der Waals surface area contributed by atoms with Crippen LogP contribution in [-0.4, -0.2) is 33.2 Å². The van der Waals surface area contributed by atoms with E-state index in [1.807, 2.05) is 36.9 Å². The van der Waals surface area contributed by atoms with Crippen molar-refractivity contribution in [2.24, 2.45) is 7.05 Å². The number of anilines is 1. The summed E-state index contributed by atoms with van der Waals surface area (Å²) in [5, 5.41) is 5.77. The summed E-state index contributed by atoms with van der Waals surface area (Å²) in [7, 11) is 1.94. The lowest BCUT2D eigenvalue weighted by Gasteiger charge is -2.30. The minimum absolute atomic E-state index is 0.0429. The summed E-state index contributed by atoms with van der Waals surface area (Å²) in [6, 6.07) is 5.35. The molecule has 0 aromatic carbocycles. The van der Waals surface area contributed by atoms with Gasteiger partial charge in [0.1, 0.15) is 11.9 Å². The highest BCUT2D eigenvalue weighted by Gasteiger charge is 2.26. The number of pyridine rings is 1. The Balaban J connectivity index is 1.57. The predicted octanol–water partition coefficient (Wildman–Crippen LogP) is 2.17. The van der Waals surface area contributed by atoms with Gasteiger partial charge in [-0.25, -0.2) is 14.8 Å². The maximum absolute atomic E-state index is 12.1. The number of urea groups is 1. The smallest absolute Gasteiger partial charge is 0.320 e. The van der Waals surface area contributed by atoms with E-state index in [4.69, 9.17) is 4.74 Å². The number of nitrogens with one attached hydrogen (secondary N) is 2. The third-order valence-electron chi connectivity index (χ3n) is 3.93. The molecule has 1 saturated heterocycles. The number of hydrogen-bond acceptors (Lipinski definition) is 4. The minimum atomic E-state index is -0.237. The monoisotopic (exact) mass is 315 g/mol. The number of aryl methyl sites for hydroxylation is 2. The number of rotatable bonds is 3. The Morgan fingerprint density at radius 3 is 3.04 bits per heavy atom. The number of ether oxygens (including phenoxy) is 1. The van der Waals surface area contributed by atoms with Crippen LogP contribution in [0.5, 0.6) is 0 Å². The Hall–Kier alpha value is -2.41. The summed E-state index contributed by atoms with van der Waals surface area (Å²) in [6.07, 6.45) is 5.05. The van der Waals surface area contributed by atoms with Crippen LogP contribution in [0.4, 0.5) is 10.6 Å². The molecule has 3 heterocycles. The van der Waals surface area contributed by atoms with E-state index >= 15 is 0 Å². The average molecular weight is 315 g/mol. The molecule has 2 aromatic heterocycles. The first-order valence-electron chi connectivity index (χ1n) is 7.71. The molecule has 23 heavy (non-hydrogen) atoms. The molecule has 2 N–H and O–H groups in total. The van der Waals surface area contributed by atoms with Gasteiger partial charge in [0.05, 0.1) is 18.2 Å². The number of nitrogens with zero attached hydrogens (tertiary/aromatic N) is 3. The van der Waals surface area contributed by atoms with Crippen molar-refractivity contribution in [2.75, 3.05) is 11.9 Å². The second-order valence-electron chi connectivity index (χ2n) is 5.77. The first-order chi connectivity index (χ1) is 11.1. The predicted molar refractivity (Wildman–Crippen MR) is 86.1 cm³/mol. The number of imidazole rings is 1. The molecule has 2 amide bonds. The van der Waals surface area contributed by atoms with Gasteiger partial charge in [0.2, 0.25) is 0 Å². The van der Waals surface area contributed by atoms with Gasteiger partial charge in [-0.15, -0.1) is 0 Å². The molecule has 0 aliphatic carbocycles. The molecule has 1 aliphatic rings. The van der Waals surface area contributed by atoms with E-state index < -0.39 is 0 Å². The molecule has 2 aromatic rings. The zero-order valence-electron chi connectivity index (χ0n) is 13.3. The highest BCUT2D eigenvalue weighted by molar-refractivity contribution is 5.88. The van der Waals surface area contributed by atoms with Crippen LogP contribution in [0.2, 0.25) is 0 Å². The average Bonchev–Trinajstić information content (AvgIpc) is 2.93. The first-order valence-corrected chi connectivity index (χ1v) is 7.71. The standard InChI is InChI=1S/C16H21N5O2/c1-11-4-3-5-15(18-11)20-16(22)19-12-6-7-23-14(8-12)13-9-17-10-21(13)2/h3-5,9-10,12,14H,6-8H2,1-2H3,(H2,18,19,20,22)/t12-,14+/m0/s1.